The fourth-order valence-corrected chi connectivity index (χ4v) is 5.49. The van der Waals surface area contributed by atoms with Crippen LogP contribution in [0.15, 0.2) is 34.1 Å². The number of hydrogen-bond donors (Lipinski definition) is 1. The topological polar surface area (TPSA) is 63.4 Å². The molecule has 2 N–H and O–H groups in total. The minimum atomic E-state index is -3.37. The third-order valence-electron chi connectivity index (χ3n) is 4.56. The van der Waals surface area contributed by atoms with E-state index in [-0.39, 0.29) is 18.4 Å². The SMILES string of the molecule is CSc1cccc(S(=O)(=O)N2CC3CCC(N)C3C2)c1.Cl. The van der Waals surface area contributed by atoms with Crippen molar-refractivity contribution in [3.05, 3.63) is 24.3 Å². The van der Waals surface area contributed by atoms with Crippen LogP contribution in [-0.4, -0.2) is 38.1 Å². The average molecular weight is 349 g/mol. The van der Waals surface area contributed by atoms with Gasteiger partial charge in [-0.1, -0.05) is 6.07 Å². The van der Waals surface area contributed by atoms with Gasteiger partial charge in [-0.2, -0.15) is 4.31 Å². The Balaban J connectivity index is 0.00000161. The monoisotopic (exact) mass is 348 g/mol. The van der Waals surface area contributed by atoms with E-state index in [4.69, 9.17) is 5.73 Å². The molecule has 0 spiro atoms. The summed E-state index contributed by atoms with van der Waals surface area (Å²) in [4.78, 5) is 1.38. The lowest BCUT2D eigenvalue weighted by Crippen LogP contribution is -2.33. The van der Waals surface area contributed by atoms with Crippen LogP contribution in [0.1, 0.15) is 12.8 Å². The summed E-state index contributed by atoms with van der Waals surface area (Å²) in [6.07, 6.45) is 4.04. The second-order valence-corrected chi connectivity index (χ2v) is 8.48. The summed E-state index contributed by atoms with van der Waals surface area (Å²) in [6, 6.07) is 7.34. The van der Waals surface area contributed by atoms with Crippen molar-refractivity contribution < 1.29 is 8.42 Å². The molecule has 1 saturated heterocycles. The summed E-state index contributed by atoms with van der Waals surface area (Å²) in [6.45, 7) is 1.21. The highest BCUT2D eigenvalue weighted by Gasteiger charge is 2.45. The fourth-order valence-electron chi connectivity index (χ4n) is 3.37. The van der Waals surface area contributed by atoms with Crippen LogP contribution in [0.25, 0.3) is 0 Å². The summed E-state index contributed by atoms with van der Waals surface area (Å²) in [5, 5.41) is 0. The van der Waals surface area contributed by atoms with Crippen molar-refractivity contribution in [2.45, 2.75) is 28.7 Å². The number of nitrogens with two attached hydrogens (primary N) is 1. The number of fused-ring (bicyclic) bond motifs is 1. The summed E-state index contributed by atoms with van der Waals surface area (Å²) in [5.74, 6) is 0.789. The van der Waals surface area contributed by atoms with Gasteiger partial charge in [0.1, 0.15) is 0 Å². The molecule has 2 fully saturated rings. The highest BCUT2D eigenvalue weighted by Crippen LogP contribution is 2.39. The van der Waals surface area contributed by atoms with Crippen LogP contribution < -0.4 is 5.73 Å². The predicted molar refractivity (Wildman–Crippen MR) is 88.4 cm³/mol. The Hall–Kier alpha value is -0.270. The standard InChI is InChI=1S/C14H20N2O2S2.ClH/c1-19-11-3-2-4-12(7-11)20(17,18)16-8-10-5-6-14(15)13(10)9-16;/h2-4,7,10,13-14H,5-6,8-9,15H2,1H3;1H. The zero-order valence-corrected chi connectivity index (χ0v) is 14.4. The van der Waals surface area contributed by atoms with Gasteiger partial charge in [0.15, 0.2) is 0 Å². The fraction of sp³-hybridized carbons (Fsp3) is 0.571. The Morgan fingerprint density at radius 3 is 2.71 bits per heavy atom. The van der Waals surface area contributed by atoms with E-state index in [1.165, 1.54) is 0 Å². The highest BCUT2D eigenvalue weighted by molar-refractivity contribution is 7.98. The average Bonchev–Trinajstić information content (AvgIpc) is 3.02. The first kappa shape index (κ1) is 17.1. The van der Waals surface area contributed by atoms with Crippen molar-refractivity contribution in [3.63, 3.8) is 0 Å². The van der Waals surface area contributed by atoms with Crippen molar-refractivity contribution in [3.8, 4) is 0 Å². The molecule has 1 aromatic rings. The van der Waals surface area contributed by atoms with Gasteiger partial charge in [-0.25, -0.2) is 8.42 Å². The third kappa shape index (κ3) is 3.10. The molecule has 1 aliphatic carbocycles. The highest BCUT2D eigenvalue weighted by atomic mass is 35.5. The van der Waals surface area contributed by atoms with Gasteiger partial charge in [0, 0.05) is 24.0 Å². The number of halogens is 1. The van der Waals surface area contributed by atoms with E-state index in [9.17, 15) is 8.42 Å². The van der Waals surface area contributed by atoms with E-state index >= 15 is 0 Å². The van der Waals surface area contributed by atoms with E-state index in [0.717, 1.165) is 17.7 Å². The molecule has 118 valence electrons. The van der Waals surface area contributed by atoms with Crippen LogP contribution in [0.4, 0.5) is 0 Å². The maximum absolute atomic E-state index is 12.7. The zero-order valence-electron chi connectivity index (χ0n) is 11.9. The van der Waals surface area contributed by atoms with Crippen LogP contribution in [0, 0.1) is 11.8 Å². The van der Waals surface area contributed by atoms with Gasteiger partial charge in [0.25, 0.3) is 0 Å². The molecule has 1 heterocycles. The molecule has 3 atom stereocenters. The Kier molecular flexibility index (Phi) is 5.26. The van der Waals surface area contributed by atoms with E-state index in [1.54, 1.807) is 34.3 Å². The number of hydrogen-bond acceptors (Lipinski definition) is 4. The first-order valence-corrected chi connectivity index (χ1v) is 9.58. The van der Waals surface area contributed by atoms with Crippen molar-refractivity contribution in [2.24, 2.45) is 17.6 Å². The quantitative estimate of drug-likeness (QED) is 0.850. The molecule has 0 aromatic heterocycles. The second-order valence-electron chi connectivity index (χ2n) is 5.67. The lowest BCUT2D eigenvalue weighted by Gasteiger charge is -2.19. The molecule has 3 rings (SSSR count). The molecule has 2 aliphatic rings. The summed E-state index contributed by atoms with van der Waals surface area (Å²) >= 11 is 1.56. The molecule has 21 heavy (non-hydrogen) atoms. The minimum Gasteiger partial charge on any atom is -0.327 e. The minimum absolute atomic E-state index is 0. The Bertz CT molecular complexity index is 609. The molecule has 4 nitrogen and oxygen atoms in total. The van der Waals surface area contributed by atoms with Crippen molar-refractivity contribution in [1.82, 2.24) is 4.31 Å². The van der Waals surface area contributed by atoms with E-state index in [1.807, 2.05) is 12.3 Å². The van der Waals surface area contributed by atoms with Crippen LogP contribution in [0.5, 0.6) is 0 Å². The van der Waals surface area contributed by atoms with Gasteiger partial charge >= 0.3 is 0 Å². The predicted octanol–water partition coefficient (Wildman–Crippen LogP) is 2.19. The van der Waals surface area contributed by atoms with Crippen LogP contribution in [0.2, 0.25) is 0 Å². The second kappa shape index (κ2) is 6.46. The Morgan fingerprint density at radius 1 is 1.29 bits per heavy atom. The maximum Gasteiger partial charge on any atom is 0.243 e. The Morgan fingerprint density at radius 2 is 2.05 bits per heavy atom. The smallest absolute Gasteiger partial charge is 0.243 e. The lowest BCUT2D eigenvalue weighted by molar-refractivity contribution is 0.427. The molecule has 3 unspecified atom stereocenters. The Labute approximate surface area is 136 Å². The first-order valence-electron chi connectivity index (χ1n) is 6.92. The van der Waals surface area contributed by atoms with E-state index in [2.05, 4.69) is 0 Å². The lowest BCUT2D eigenvalue weighted by atomic mass is 9.98. The van der Waals surface area contributed by atoms with Crippen LogP contribution in [0.3, 0.4) is 0 Å². The van der Waals surface area contributed by atoms with Gasteiger partial charge in [-0.15, -0.1) is 24.2 Å². The largest absolute Gasteiger partial charge is 0.327 e. The normalized spacial score (nSPS) is 29.1. The molecular weight excluding hydrogens is 328 g/mol. The van der Waals surface area contributed by atoms with Gasteiger partial charge in [0.2, 0.25) is 10.0 Å². The van der Waals surface area contributed by atoms with E-state index < -0.39 is 10.0 Å². The third-order valence-corrected chi connectivity index (χ3v) is 7.11. The summed E-state index contributed by atoms with van der Waals surface area (Å²) in [7, 11) is -3.37. The summed E-state index contributed by atoms with van der Waals surface area (Å²) < 4.78 is 27.1. The summed E-state index contributed by atoms with van der Waals surface area (Å²) in [5.41, 5.74) is 6.08. The first-order chi connectivity index (χ1) is 9.52. The number of rotatable bonds is 3. The van der Waals surface area contributed by atoms with Crippen molar-refractivity contribution in [1.29, 1.82) is 0 Å². The molecular formula is C14H21ClN2O2S2. The number of thioether (sulfide) groups is 1. The molecule has 0 bridgehead atoms. The molecule has 1 aromatic carbocycles. The molecule has 0 radical (unpaired) electrons. The van der Waals surface area contributed by atoms with Gasteiger partial charge in [-0.3, -0.25) is 0 Å². The van der Waals surface area contributed by atoms with Gasteiger partial charge < -0.3 is 5.73 Å². The number of benzene rings is 1. The van der Waals surface area contributed by atoms with Gasteiger partial charge in [-0.05, 0) is 49.1 Å². The van der Waals surface area contributed by atoms with Crippen LogP contribution in [-0.2, 0) is 10.0 Å². The number of sulfonamides is 1. The van der Waals surface area contributed by atoms with Gasteiger partial charge in [0.05, 0.1) is 4.90 Å². The van der Waals surface area contributed by atoms with Crippen LogP contribution >= 0.6 is 24.2 Å². The maximum atomic E-state index is 12.7. The molecule has 7 heteroatoms. The van der Waals surface area contributed by atoms with E-state index in [0.29, 0.717) is 29.8 Å². The molecule has 1 saturated carbocycles. The van der Waals surface area contributed by atoms with Crippen molar-refractivity contribution in [2.75, 3.05) is 19.3 Å². The number of nitrogens with zero attached hydrogens (tertiary/aromatic N) is 1. The zero-order chi connectivity index (χ0) is 14.3. The molecule has 1 aliphatic heterocycles. The molecule has 0 amide bonds. The van der Waals surface area contributed by atoms with Crippen molar-refractivity contribution >= 4 is 34.2 Å².